The Kier molecular flexibility index (Phi) is 8.39. The monoisotopic (exact) mass is 445 g/mol. The minimum absolute atomic E-state index is 0.000402. The third kappa shape index (κ3) is 5.45. The van der Waals surface area contributed by atoms with Crippen LogP contribution in [0.1, 0.15) is 27.8 Å². The van der Waals surface area contributed by atoms with Gasteiger partial charge in [-0.05, 0) is 6.92 Å². The van der Waals surface area contributed by atoms with E-state index >= 15 is 0 Å². The van der Waals surface area contributed by atoms with Crippen LogP contribution in [0.2, 0.25) is 0 Å². The maximum absolute atomic E-state index is 13.4. The summed E-state index contributed by atoms with van der Waals surface area (Å²) in [6.45, 7) is 0.729. The molecule has 0 aliphatic rings. The van der Waals surface area contributed by atoms with Gasteiger partial charge in [0.25, 0.3) is 5.91 Å². The fourth-order valence-corrected chi connectivity index (χ4v) is 3.11. The van der Waals surface area contributed by atoms with Crippen molar-refractivity contribution in [2.45, 2.75) is 6.92 Å². The number of methoxy groups -OCH3 is 2. The van der Waals surface area contributed by atoms with Crippen molar-refractivity contribution in [3.8, 4) is 11.3 Å². The Morgan fingerprint density at radius 2 is 1.50 bits per heavy atom. The molecule has 0 saturated carbocycles. The summed E-state index contributed by atoms with van der Waals surface area (Å²) in [5.74, 6) is -2.94. The molecular weight excluding hydrogens is 418 g/mol. The number of H-pyrrole nitrogens is 1. The maximum atomic E-state index is 13.4. The van der Waals surface area contributed by atoms with E-state index in [-0.39, 0.29) is 17.9 Å². The molecule has 1 aromatic carbocycles. The lowest BCUT2D eigenvalue weighted by molar-refractivity contribution is -0.144. The second-order valence-corrected chi connectivity index (χ2v) is 6.89. The molecule has 1 heterocycles. The number of hydrogen-bond acceptors (Lipinski definition) is 8. The molecule has 0 saturated heterocycles. The Labute approximate surface area is 186 Å². The Hall–Kier alpha value is -3.82. The van der Waals surface area contributed by atoms with Crippen LogP contribution in [0.3, 0.4) is 0 Å². The first kappa shape index (κ1) is 24.4. The molecule has 0 unspecified atom stereocenters. The summed E-state index contributed by atoms with van der Waals surface area (Å²) < 4.78 is 14.5. The van der Waals surface area contributed by atoms with Gasteiger partial charge in [-0.25, -0.2) is 4.79 Å². The topological polar surface area (TPSA) is 118 Å². The lowest BCUT2D eigenvalue weighted by Crippen LogP contribution is -2.41. The molecule has 10 nitrogen and oxygen atoms in total. The summed E-state index contributed by atoms with van der Waals surface area (Å²) in [6, 6.07) is 9.13. The van der Waals surface area contributed by atoms with E-state index in [4.69, 9.17) is 4.74 Å². The second-order valence-electron chi connectivity index (χ2n) is 6.89. The molecule has 0 radical (unpaired) electrons. The first-order valence-electron chi connectivity index (χ1n) is 9.83. The lowest BCUT2D eigenvalue weighted by Gasteiger charge is -2.20. The van der Waals surface area contributed by atoms with Crippen molar-refractivity contribution in [2.24, 2.45) is 0 Å². The molecule has 2 rings (SSSR count). The third-order valence-corrected chi connectivity index (χ3v) is 4.56. The van der Waals surface area contributed by atoms with Gasteiger partial charge in [0.15, 0.2) is 0 Å². The number of nitrogens with one attached hydrogen (secondary N) is 1. The van der Waals surface area contributed by atoms with Gasteiger partial charge >= 0.3 is 17.9 Å². The fraction of sp³-hybridized carbons (Fsp3) is 0.364. The molecule has 32 heavy (non-hydrogen) atoms. The van der Waals surface area contributed by atoms with Crippen molar-refractivity contribution < 1.29 is 33.4 Å². The SMILES string of the molecule is CCOC(=O)c1c(C(=O)N(CC(=O)OC)CC(=O)OC)[nH]c(-c2ccccc2)c1N(C)C. The number of aromatic amines is 1. The van der Waals surface area contributed by atoms with E-state index in [1.165, 1.54) is 14.2 Å². The normalized spacial score (nSPS) is 10.3. The Morgan fingerprint density at radius 1 is 0.938 bits per heavy atom. The Balaban J connectivity index is 2.70. The number of anilines is 1. The van der Waals surface area contributed by atoms with E-state index in [2.05, 4.69) is 14.5 Å². The van der Waals surface area contributed by atoms with Crippen LogP contribution in [0.25, 0.3) is 11.3 Å². The maximum Gasteiger partial charge on any atom is 0.342 e. The highest BCUT2D eigenvalue weighted by molar-refractivity contribution is 6.11. The number of benzene rings is 1. The highest BCUT2D eigenvalue weighted by Crippen LogP contribution is 2.36. The molecule has 0 aliphatic carbocycles. The quantitative estimate of drug-likeness (QED) is 0.458. The van der Waals surface area contributed by atoms with Gasteiger partial charge in [-0.1, -0.05) is 30.3 Å². The number of amides is 1. The van der Waals surface area contributed by atoms with Crippen molar-refractivity contribution >= 4 is 29.5 Å². The predicted molar refractivity (Wildman–Crippen MR) is 116 cm³/mol. The zero-order valence-electron chi connectivity index (χ0n) is 18.8. The predicted octanol–water partition coefficient (Wildman–Crippen LogP) is 1.71. The van der Waals surface area contributed by atoms with E-state index in [9.17, 15) is 19.2 Å². The molecule has 172 valence electrons. The van der Waals surface area contributed by atoms with Crippen LogP contribution in [-0.4, -0.2) is 81.7 Å². The van der Waals surface area contributed by atoms with Crippen LogP contribution in [-0.2, 0) is 23.8 Å². The van der Waals surface area contributed by atoms with Gasteiger partial charge in [-0.15, -0.1) is 0 Å². The molecular formula is C22H27N3O7. The average molecular weight is 445 g/mol. The van der Waals surface area contributed by atoms with Crippen LogP contribution in [0, 0.1) is 0 Å². The number of rotatable bonds is 9. The summed E-state index contributed by atoms with van der Waals surface area (Å²) in [4.78, 5) is 55.7. The molecule has 1 N–H and O–H groups in total. The summed E-state index contributed by atoms with van der Waals surface area (Å²) in [5.41, 5.74) is 1.57. The van der Waals surface area contributed by atoms with E-state index in [0.717, 1.165) is 10.5 Å². The van der Waals surface area contributed by atoms with Crippen molar-refractivity contribution in [3.63, 3.8) is 0 Å². The number of esters is 3. The lowest BCUT2D eigenvalue weighted by atomic mass is 10.1. The van der Waals surface area contributed by atoms with Crippen molar-refractivity contribution in [1.82, 2.24) is 9.88 Å². The second kappa shape index (κ2) is 11.0. The number of hydrogen-bond donors (Lipinski definition) is 1. The largest absolute Gasteiger partial charge is 0.468 e. The summed E-state index contributed by atoms with van der Waals surface area (Å²) in [5, 5.41) is 0. The molecule has 10 heteroatoms. The minimum atomic E-state index is -0.755. The summed E-state index contributed by atoms with van der Waals surface area (Å²) in [7, 11) is 5.79. The standard InChI is InChI=1S/C22H27N3O7/c1-6-32-22(29)17-19(21(28)25(12-15(26)30-4)13-16(27)31-5)23-18(20(17)24(2)3)14-10-8-7-9-11-14/h7-11,23H,6,12-13H2,1-5H3. The molecule has 0 atom stereocenters. The van der Waals surface area contributed by atoms with Gasteiger partial charge in [0, 0.05) is 19.7 Å². The van der Waals surface area contributed by atoms with E-state index < -0.39 is 36.9 Å². The van der Waals surface area contributed by atoms with E-state index in [0.29, 0.717) is 11.4 Å². The highest BCUT2D eigenvalue weighted by atomic mass is 16.5. The smallest absolute Gasteiger partial charge is 0.342 e. The zero-order chi connectivity index (χ0) is 23.8. The molecule has 0 bridgehead atoms. The van der Waals surface area contributed by atoms with Gasteiger partial charge in [0.2, 0.25) is 0 Å². The summed E-state index contributed by atoms with van der Waals surface area (Å²) in [6.07, 6.45) is 0. The van der Waals surface area contributed by atoms with Crippen molar-refractivity contribution in [3.05, 3.63) is 41.6 Å². The average Bonchev–Trinajstić information content (AvgIpc) is 3.19. The first-order valence-corrected chi connectivity index (χ1v) is 9.83. The van der Waals surface area contributed by atoms with Crippen LogP contribution in [0.4, 0.5) is 5.69 Å². The van der Waals surface area contributed by atoms with Gasteiger partial charge in [-0.3, -0.25) is 14.4 Å². The van der Waals surface area contributed by atoms with Crippen molar-refractivity contribution in [2.75, 3.05) is 52.9 Å². The highest BCUT2D eigenvalue weighted by Gasteiger charge is 2.33. The van der Waals surface area contributed by atoms with Gasteiger partial charge in [0.05, 0.1) is 32.2 Å². The van der Waals surface area contributed by atoms with Crippen LogP contribution >= 0.6 is 0 Å². The Morgan fingerprint density at radius 3 is 1.97 bits per heavy atom. The number of nitrogens with zero attached hydrogens (tertiary/aromatic N) is 2. The number of carbonyl (C=O) groups is 4. The van der Waals surface area contributed by atoms with Crippen LogP contribution in [0.5, 0.6) is 0 Å². The molecule has 1 aromatic heterocycles. The van der Waals surface area contributed by atoms with Gasteiger partial charge < -0.3 is 29.0 Å². The number of aromatic nitrogens is 1. The van der Waals surface area contributed by atoms with Crippen LogP contribution < -0.4 is 4.90 Å². The third-order valence-electron chi connectivity index (χ3n) is 4.56. The zero-order valence-corrected chi connectivity index (χ0v) is 18.8. The summed E-state index contributed by atoms with van der Waals surface area (Å²) >= 11 is 0. The molecule has 0 spiro atoms. The minimum Gasteiger partial charge on any atom is -0.468 e. The molecule has 1 amide bonds. The van der Waals surface area contributed by atoms with Crippen LogP contribution in [0.15, 0.2) is 30.3 Å². The van der Waals surface area contributed by atoms with Gasteiger partial charge in [-0.2, -0.15) is 0 Å². The number of ether oxygens (including phenoxy) is 3. The fourth-order valence-electron chi connectivity index (χ4n) is 3.11. The Bertz CT molecular complexity index is 965. The molecule has 0 fully saturated rings. The van der Waals surface area contributed by atoms with Crippen molar-refractivity contribution in [1.29, 1.82) is 0 Å². The molecule has 0 aliphatic heterocycles. The first-order chi connectivity index (χ1) is 15.2. The van der Waals surface area contributed by atoms with E-state index in [1.807, 2.05) is 30.3 Å². The number of carbonyl (C=O) groups excluding carboxylic acids is 4. The molecule has 2 aromatic rings. The van der Waals surface area contributed by atoms with E-state index in [1.54, 1.807) is 25.9 Å². The van der Waals surface area contributed by atoms with Gasteiger partial charge in [0.1, 0.15) is 24.3 Å².